The van der Waals surface area contributed by atoms with Crippen LogP contribution in [0.25, 0.3) is 22.6 Å². The molecule has 1 aliphatic heterocycles. The Morgan fingerprint density at radius 3 is 2.35 bits per heavy atom. The van der Waals surface area contributed by atoms with E-state index in [1.807, 2.05) is 29.2 Å². The van der Waals surface area contributed by atoms with Gasteiger partial charge in [0.25, 0.3) is 5.91 Å². The number of ether oxygens (including phenoxy) is 1. The van der Waals surface area contributed by atoms with Gasteiger partial charge in [-0.25, -0.2) is 9.78 Å². The van der Waals surface area contributed by atoms with Crippen LogP contribution < -0.4 is 0 Å². The predicted octanol–water partition coefficient (Wildman–Crippen LogP) is 6.58. The lowest BCUT2D eigenvalue weighted by molar-refractivity contribution is -0.134. The highest BCUT2D eigenvalue weighted by Gasteiger charge is 2.28. The molecule has 0 N–H and O–H groups in total. The summed E-state index contributed by atoms with van der Waals surface area (Å²) < 4.78 is 5.64. The standard InChI is InChI=1S/C32H36N2O3/c1-32(2,3)24-15-12-22(13-16-24)20-23-14-17-26-29(25-10-6-7-11-27(25)33-30(23)26)31(36)37-21-28(35)34-18-8-4-5-9-19-34/h6-7,10-13,15-16,20H,4-5,8-9,14,17-19,21H2,1-3H3. The van der Waals surface area contributed by atoms with Crippen molar-refractivity contribution in [3.63, 3.8) is 0 Å². The number of carbonyl (C=O) groups excluding carboxylic acids is 2. The number of carbonyl (C=O) groups is 2. The van der Waals surface area contributed by atoms with Crippen molar-refractivity contribution >= 4 is 34.4 Å². The van der Waals surface area contributed by atoms with Crippen LogP contribution >= 0.6 is 0 Å². The van der Waals surface area contributed by atoms with Crippen molar-refractivity contribution in [2.24, 2.45) is 0 Å². The van der Waals surface area contributed by atoms with Gasteiger partial charge in [-0.3, -0.25) is 4.79 Å². The molecule has 1 aliphatic carbocycles. The first kappa shape index (κ1) is 25.2. The second kappa shape index (κ2) is 10.5. The summed E-state index contributed by atoms with van der Waals surface area (Å²) >= 11 is 0. The molecule has 1 fully saturated rings. The average Bonchev–Trinajstić information content (AvgIpc) is 3.09. The number of para-hydroxylation sites is 1. The highest BCUT2D eigenvalue weighted by atomic mass is 16.5. The number of fused-ring (bicyclic) bond motifs is 2. The molecule has 2 aromatic carbocycles. The van der Waals surface area contributed by atoms with E-state index in [1.54, 1.807) is 0 Å². The highest BCUT2D eigenvalue weighted by molar-refractivity contribution is 6.07. The third kappa shape index (κ3) is 5.46. The van der Waals surface area contributed by atoms with Gasteiger partial charge in [0.05, 0.1) is 16.8 Å². The molecular weight excluding hydrogens is 460 g/mol. The van der Waals surface area contributed by atoms with Gasteiger partial charge in [0, 0.05) is 18.5 Å². The molecule has 0 saturated carbocycles. The minimum absolute atomic E-state index is 0.107. The van der Waals surface area contributed by atoms with Crippen LogP contribution in [-0.4, -0.2) is 41.5 Å². The Labute approximate surface area is 219 Å². The fourth-order valence-electron chi connectivity index (χ4n) is 5.40. The Morgan fingerprint density at radius 1 is 0.946 bits per heavy atom. The zero-order valence-electron chi connectivity index (χ0n) is 22.2. The summed E-state index contributed by atoms with van der Waals surface area (Å²) in [6.07, 6.45) is 8.03. The van der Waals surface area contributed by atoms with Crippen LogP contribution in [0.1, 0.15) is 85.6 Å². The van der Waals surface area contributed by atoms with Gasteiger partial charge in [-0.15, -0.1) is 0 Å². The van der Waals surface area contributed by atoms with Crippen LogP contribution in [0.15, 0.2) is 48.5 Å². The predicted molar refractivity (Wildman–Crippen MR) is 148 cm³/mol. The molecule has 5 nitrogen and oxygen atoms in total. The molecular formula is C32H36N2O3. The smallest absolute Gasteiger partial charge is 0.339 e. The van der Waals surface area contributed by atoms with Crippen LogP contribution in [0, 0.1) is 0 Å². The summed E-state index contributed by atoms with van der Waals surface area (Å²) in [4.78, 5) is 33.0. The third-order valence-electron chi connectivity index (χ3n) is 7.55. The Hall–Kier alpha value is -3.47. The van der Waals surface area contributed by atoms with Crippen LogP contribution in [0.5, 0.6) is 0 Å². The maximum absolute atomic E-state index is 13.4. The Bertz CT molecular complexity index is 1340. The van der Waals surface area contributed by atoms with E-state index >= 15 is 0 Å². The first-order valence-corrected chi connectivity index (χ1v) is 13.5. The molecule has 192 valence electrons. The van der Waals surface area contributed by atoms with Crippen molar-refractivity contribution < 1.29 is 14.3 Å². The first-order chi connectivity index (χ1) is 17.8. The van der Waals surface area contributed by atoms with Crippen molar-refractivity contribution in [1.82, 2.24) is 9.88 Å². The quantitative estimate of drug-likeness (QED) is 0.383. The molecule has 3 aromatic rings. The molecule has 1 aromatic heterocycles. The van der Waals surface area contributed by atoms with Gasteiger partial charge >= 0.3 is 5.97 Å². The van der Waals surface area contributed by atoms with Gasteiger partial charge in [-0.1, -0.05) is 76.1 Å². The molecule has 0 bridgehead atoms. The average molecular weight is 497 g/mol. The fraction of sp³-hybridized carbons (Fsp3) is 0.406. The monoisotopic (exact) mass is 496 g/mol. The molecule has 5 rings (SSSR count). The Kier molecular flexibility index (Phi) is 7.14. The van der Waals surface area contributed by atoms with E-state index in [0.29, 0.717) is 5.56 Å². The summed E-state index contributed by atoms with van der Waals surface area (Å²) in [5.41, 5.74) is 6.75. The SMILES string of the molecule is CC(C)(C)c1ccc(C=C2CCc3c2nc2ccccc2c3C(=O)OCC(=O)N2CCCCCC2)cc1. The number of pyridine rings is 1. The number of hydrogen-bond donors (Lipinski definition) is 0. The van der Waals surface area contributed by atoms with Crippen molar-refractivity contribution in [2.75, 3.05) is 19.7 Å². The van der Waals surface area contributed by atoms with E-state index in [1.165, 1.54) is 5.56 Å². The number of nitrogens with zero attached hydrogens (tertiary/aromatic N) is 2. The maximum atomic E-state index is 13.4. The van der Waals surface area contributed by atoms with Gasteiger partial charge in [0.2, 0.25) is 0 Å². The number of rotatable bonds is 4. The van der Waals surface area contributed by atoms with Gasteiger partial charge < -0.3 is 9.64 Å². The van der Waals surface area contributed by atoms with E-state index in [-0.39, 0.29) is 17.9 Å². The molecule has 1 amide bonds. The number of benzene rings is 2. The van der Waals surface area contributed by atoms with E-state index < -0.39 is 5.97 Å². The van der Waals surface area contributed by atoms with E-state index in [4.69, 9.17) is 9.72 Å². The van der Waals surface area contributed by atoms with Crippen molar-refractivity contribution in [3.05, 3.63) is 76.5 Å². The molecule has 5 heteroatoms. The number of aromatic nitrogens is 1. The largest absolute Gasteiger partial charge is 0.452 e. The van der Waals surface area contributed by atoms with E-state index in [2.05, 4.69) is 51.1 Å². The Balaban J connectivity index is 1.43. The van der Waals surface area contributed by atoms with Gasteiger partial charge in [0.15, 0.2) is 6.61 Å². The Morgan fingerprint density at radius 2 is 1.65 bits per heavy atom. The second-order valence-electron chi connectivity index (χ2n) is 11.2. The summed E-state index contributed by atoms with van der Waals surface area (Å²) in [5.74, 6) is -0.543. The molecule has 0 radical (unpaired) electrons. The second-order valence-corrected chi connectivity index (χ2v) is 11.2. The van der Waals surface area contributed by atoms with E-state index in [0.717, 1.165) is 84.9 Å². The molecule has 1 saturated heterocycles. The number of allylic oxidation sites excluding steroid dienone is 1. The van der Waals surface area contributed by atoms with Crippen LogP contribution in [0.4, 0.5) is 0 Å². The minimum Gasteiger partial charge on any atom is -0.452 e. The summed E-state index contributed by atoms with van der Waals surface area (Å²) in [6.45, 7) is 7.91. The number of amides is 1. The van der Waals surface area contributed by atoms with Gasteiger partial charge in [0.1, 0.15) is 0 Å². The lowest BCUT2D eigenvalue weighted by Crippen LogP contribution is -2.35. The zero-order valence-corrected chi connectivity index (χ0v) is 22.2. The molecule has 0 unspecified atom stereocenters. The molecule has 2 aliphatic rings. The lowest BCUT2D eigenvalue weighted by Gasteiger charge is -2.20. The number of likely N-dealkylation sites (tertiary alicyclic amines) is 1. The summed E-state index contributed by atoms with van der Waals surface area (Å²) in [5, 5.41) is 0.782. The molecule has 37 heavy (non-hydrogen) atoms. The minimum atomic E-state index is -0.436. The van der Waals surface area contributed by atoms with Crippen molar-refractivity contribution in [3.8, 4) is 0 Å². The van der Waals surface area contributed by atoms with Gasteiger partial charge in [-0.2, -0.15) is 0 Å². The summed E-state index contributed by atoms with van der Waals surface area (Å²) in [6, 6.07) is 16.4. The van der Waals surface area contributed by atoms with Crippen LogP contribution in [-0.2, 0) is 21.4 Å². The topological polar surface area (TPSA) is 59.5 Å². The van der Waals surface area contributed by atoms with E-state index in [9.17, 15) is 9.59 Å². The molecule has 2 heterocycles. The van der Waals surface area contributed by atoms with Crippen molar-refractivity contribution in [2.45, 2.75) is 64.7 Å². The van der Waals surface area contributed by atoms with Crippen molar-refractivity contribution in [1.29, 1.82) is 0 Å². The number of hydrogen-bond acceptors (Lipinski definition) is 4. The summed E-state index contributed by atoms with van der Waals surface area (Å²) in [7, 11) is 0. The lowest BCUT2D eigenvalue weighted by atomic mass is 9.86. The normalized spacial score (nSPS) is 17.1. The van der Waals surface area contributed by atoms with Crippen LogP contribution in [0.3, 0.4) is 0 Å². The van der Waals surface area contributed by atoms with Crippen LogP contribution in [0.2, 0.25) is 0 Å². The number of esters is 1. The fourth-order valence-corrected chi connectivity index (χ4v) is 5.40. The maximum Gasteiger partial charge on any atom is 0.339 e. The zero-order chi connectivity index (χ0) is 26.0. The first-order valence-electron chi connectivity index (χ1n) is 13.5. The highest BCUT2D eigenvalue weighted by Crippen LogP contribution is 2.38. The third-order valence-corrected chi connectivity index (χ3v) is 7.55. The molecule has 0 spiro atoms. The molecule has 0 atom stereocenters. The van der Waals surface area contributed by atoms with Gasteiger partial charge in [-0.05, 0) is 65.5 Å².